The van der Waals surface area contributed by atoms with Crippen LogP contribution in [0.4, 0.5) is 0 Å². The van der Waals surface area contributed by atoms with E-state index in [0.717, 1.165) is 6.61 Å². The first-order chi connectivity index (χ1) is 6.25. The summed E-state index contributed by atoms with van der Waals surface area (Å²) in [5, 5.41) is 0. The smallest absolute Gasteiger partial charge is 0.0881 e. The van der Waals surface area contributed by atoms with Gasteiger partial charge in [0.05, 0.1) is 6.10 Å². The van der Waals surface area contributed by atoms with Gasteiger partial charge < -0.3 is 4.74 Å². The van der Waals surface area contributed by atoms with Gasteiger partial charge in [0.1, 0.15) is 0 Å². The highest BCUT2D eigenvalue weighted by Gasteiger charge is 2.15. The highest BCUT2D eigenvalue weighted by molar-refractivity contribution is 5.21. The number of hydrogen-bond acceptors (Lipinski definition) is 1. The molecule has 0 saturated carbocycles. The molecule has 0 heterocycles. The molecule has 1 heteroatoms. The van der Waals surface area contributed by atoms with Gasteiger partial charge in [-0.3, -0.25) is 0 Å². The fourth-order valence-electron chi connectivity index (χ4n) is 1.39. The molecule has 1 aromatic rings. The Labute approximate surface area is 80.7 Å². The van der Waals surface area contributed by atoms with Crippen LogP contribution < -0.4 is 0 Å². The maximum Gasteiger partial charge on any atom is 0.0881 e. The molecule has 0 aromatic heterocycles. The summed E-state index contributed by atoms with van der Waals surface area (Å²) in [4.78, 5) is 0. The lowest BCUT2D eigenvalue weighted by atomic mass is 9.99. The van der Waals surface area contributed by atoms with Crippen molar-refractivity contribution in [3.8, 4) is 0 Å². The Hall–Kier alpha value is -0.820. The lowest BCUT2D eigenvalue weighted by molar-refractivity contribution is 0.0735. The Bertz CT molecular complexity index is 228. The molecule has 71 valence electrons. The zero-order chi connectivity index (χ0) is 9.68. The molecule has 0 bridgehead atoms. The van der Waals surface area contributed by atoms with Crippen molar-refractivity contribution in [1.82, 2.24) is 0 Å². The highest BCUT2D eigenvalue weighted by atomic mass is 16.5. The van der Waals surface area contributed by atoms with Crippen molar-refractivity contribution in [3.05, 3.63) is 41.8 Å². The minimum atomic E-state index is 0.159. The number of rotatable bonds is 4. The third-order valence-corrected chi connectivity index (χ3v) is 1.96. The van der Waals surface area contributed by atoms with E-state index in [1.807, 2.05) is 25.1 Å². The summed E-state index contributed by atoms with van der Waals surface area (Å²) >= 11 is 0. The molecule has 0 aliphatic heterocycles. The monoisotopic (exact) mass is 177 g/mol. The first kappa shape index (κ1) is 10.3. The van der Waals surface area contributed by atoms with Crippen molar-refractivity contribution in [2.45, 2.75) is 26.9 Å². The zero-order valence-electron chi connectivity index (χ0n) is 8.58. The van der Waals surface area contributed by atoms with Gasteiger partial charge in [0.15, 0.2) is 0 Å². The third kappa shape index (κ3) is 2.85. The average molecular weight is 177 g/mol. The molecule has 1 nitrogen and oxygen atoms in total. The van der Waals surface area contributed by atoms with Crippen LogP contribution in [0.1, 0.15) is 32.4 Å². The molecule has 1 radical (unpaired) electrons. The van der Waals surface area contributed by atoms with E-state index < -0.39 is 0 Å². The summed E-state index contributed by atoms with van der Waals surface area (Å²) in [6.07, 6.45) is 0.159. The van der Waals surface area contributed by atoms with E-state index >= 15 is 0 Å². The van der Waals surface area contributed by atoms with Crippen LogP contribution in [0.25, 0.3) is 0 Å². The van der Waals surface area contributed by atoms with Crippen molar-refractivity contribution < 1.29 is 4.74 Å². The number of ether oxygens (including phenoxy) is 1. The largest absolute Gasteiger partial charge is 0.373 e. The molecular weight excluding hydrogens is 160 g/mol. The Morgan fingerprint density at radius 2 is 1.85 bits per heavy atom. The maximum absolute atomic E-state index is 5.65. The van der Waals surface area contributed by atoms with Gasteiger partial charge in [0.25, 0.3) is 0 Å². The first-order valence-corrected chi connectivity index (χ1v) is 4.72. The molecule has 1 unspecified atom stereocenters. The van der Waals surface area contributed by atoms with Crippen molar-refractivity contribution in [2.75, 3.05) is 6.61 Å². The summed E-state index contributed by atoms with van der Waals surface area (Å²) in [7, 11) is 0. The van der Waals surface area contributed by atoms with E-state index in [9.17, 15) is 0 Å². The van der Waals surface area contributed by atoms with Gasteiger partial charge in [-0.15, -0.1) is 0 Å². The Kier molecular flexibility index (Phi) is 3.97. The molecule has 0 aliphatic carbocycles. The van der Waals surface area contributed by atoms with Crippen LogP contribution in [0.3, 0.4) is 0 Å². The van der Waals surface area contributed by atoms with Gasteiger partial charge >= 0.3 is 0 Å². The molecule has 1 aromatic carbocycles. The summed E-state index contributed by atoms with van der Waals surface area (Å²) in [5.74, 6) is 1.30. The van der Waals surface area contributed by atoms with E-state index in [2.05, 4.69) is 26.0 Å². The van der Waals surface area contributed by atoms with Crippen molar-refractivity contribution >= 4 is 0 Å². The van der Waals surface area contributed by atoms with Gasteiger partial charge in [-0.2, -0.15) is 0 Å². The van der Waals surface area contributed by atoms with Crippen molar-refractivity contribution in [2.24, 2.45) is 0 Å². The molecule has 0 aliphatic rings. The highest BCUT2D eigenvalue weighted by Crippen LogP contribution is 2.26. The molecule has 0 saturated heterocycles. The topological polar surface area (TPSA) is 9.23 Å². The predicted molar refractivity (Wildman–Crippen MR) is 55.4 cm³/mol. The minimum Gasteiger partial charge on any atom is -0.373 e. The van der Waals surface area contributed by atoms with Crippen LogP contribution in [0.15, 0.2) is 30.3 Å². The second kappa shape index (κ2) is 5.03. The van der Waals surface area contributed by atoms with Crippen LogP contribution in [-0.4, -0.2) is 6.61 Å². The number of hydrogen-bond donors (Lipinski definition) is 0. The van der Waals surface area contributed by atoms with Crippen molar-refractivity contribution in [1.29, 1.82) is 0 Å². The average Bonchev–Trinajstić information content (AvgIpc) is 2.15. The van der Waals surface area contributed by atoms with E-state index in [-0.39, 0.29) is 6.10 Å². The SMILES string of the molecule is CCOC([C](C)C)c1ccccc1. The summed E-state index contributed by atoms with van der Waals surface area (Å²) in [6.45, 7) is 6.99. The van der Waals surface area contributed by atoms with Gasteiger partial charge in [-0.25, -0.2) is 0 Å². The van der Waals surface area contributed by atoms with Gasteiger partial charge in [-0.1, -0.05) is 44.2 Å². The molecule has 13 heavy (non-hydrogen) atoms. The predicted octanol–water partition coefficient (Wildman–Crippen LogP) is 3.38. The summed E-state index contributed by atoms with van der Waals surface area (Å²) in [5.41, 5.74) is 1.24. The van der Waals surface area contributed by atoms with Crippen molar-refractivity contribution in [3.63, 3.8) is 0 Å². The van der Waals surface area contributed by atoms with Gasteiger partial charge in [0, 0.05) is 12.5 Å². The van der Waals surface area contributed by atoms with Crippen LogP contribution in [0, 0.1) is 5.92 Å². The van der Waals surface area contributed by atoms with E-state index in [1.165, 1.54) is 11.5 Å². The summed E-state index contributed by atoms with van der Waals surface area (Å²) in [6, 6.07) is 10.3. The minimum absolute atomic E-state index is 0.159. The van der Waals surface area contributed by atoms with E-state index in [0.29, 0.717) is 0 Å². The molecule has 0 fully saturated rings. The first-order valence-electron chi connectivity index (χ1n) is 4.72. The zero-order valence-corrected chi connectivity index (χ0v) is 8.58. The van der Waals surface area contributed by atoms with Crippen LogP contribution in [0.5, 0.6) is 0 Å². The Balaban J connectivity index is 2.76. The quantitative estimate of drug-likeness (QED) is 0.685. The second-order valence-electron chi connectivity index (χ2n) is 3.32. The Morgan fingerprint density at radius 3 is 2.31 bits per heavy atom. The standard InChI is InChI=1S/C12H17O/c1-4-13-12(10(2)3)11-8-6-5-7-9-11/h5-9,12H,4H2,1-3H3. The molecule has 1 rings (SSSR count). The van der Waals surface area contributed by atoms with Crippen LogP contribution in [-0.2, 0) is 4.74 Å². The lowest BCUT2D eigenvalue weighted by Gasteiger charge is -2.20. The maximum atomic E-state index is 5.65. The molecular formula is C12H17O. The van der Waals surface area contributed by atoms with Crippen LogP contribution in [0.2, 0.25) is 0 Å². The second-order valence-corrected chi connectivity index (χ2v) is 3.32. The molecule has 0 N–H and O–H groups in total. The van der Waals surface area contributed by atoms with E-state index in [1.54, 1.807) is 0 Å². The summed E-state index contributed by atoms with van der Waals surface area (Å²) < 4.78 is 5.65. The molecule has 0 amide bonds. The van der Waals surface area contributed by atoms with E-state index in [4.69, 9.17) is 4.74 Å². The lowest BCUT2D eigenvalue weighted by Crippen LogP contribution is -2.09. The normalized spacial score (nSPS) is 13.2. The fraction of sp³-hybridized carbons (Fsp3) is 0.417. The van der Waals surface area contributed by atoms with Crippen LogP contribution >= 0.6 is 0 Å². The Morgan fingerprint density at radius 1 is 1.23 bits per heavy atom. The molecule has 1 atom stereocenters. The fourth-order valence-corrected chi connectivity index (χ4v) is 1.39. The molecule has 0 spiro atoms. The van der Waals surface area contributed by atoms with Gasteiger partial charge in [0.2, 0.25) is 0 Å². The van der Waals surface area contributed by atoms with Gasteiger partial charge in [-0.05, 0) is 12.5 Å². The number of benzene rings is 1. The third-order valence-electron chi connectivity index (χ3n) is 1.96.